The summed E-state index contributed by atoms with van der Waals surface area (Å²) in [5.74, 6) is 0. The summed E-state index contributed by atoms with van der Waals surface area (Å²) in [6.07, 6.45) is -0.934. The molecule has 0 aliphatic rings. The number of fused-ring (bicyclic) bond motifs is 1. The number of pyridine rings is 1. The van der Waals surface area contributed by atoms with E-state index < -0.39 is 11.7 Å². The van der Waals surface area contributed by atoms with Gasteiger partial charge in [-0.2, -0.15) is 13.2 Å². The molecule has 0 aromatic carbocycles. The molecule has 2 aromatic heterocycles. The zero-order valence-electron chi connectivity index (χ0n) is 9.25. The van der Waals surface area contributed by atoms with Crippen molar-refractivity contribution in [2.24, 2.45) is 0 Å². The average molecular weight is 243 g/mol. The molecule has 92 valence electrons. The second-order valence-corrected chi connectivity index (χ2v) is 3.77. The van der Waals surface area contributed by atoms with Crippen LogP contribution in [0.3, 0.4) is 0 Å². The highest BCUT2D eigenvalue weighted by atomic mass is 19.4. The number of aromatic nitrogens is 2. The van der Waals surface area contributed by atoms with Gasteiger partial charge in [-0.05, 0) is 19.2 Å². The Morgan fingerprint density at radius 1 is 1.29 bits per heavy atom. The van der Waals surface area contributed by atoms with Crippen molar-refractivity contribution < 1.29 is 13.2 Å². The molecular weight excluding hydrogens is 231 g/mol. The lowest BCUT2D eigenvalue weighted by Crippen LogP contribution is -2.10. The fourth-order valence-corrected chi connectivity index (χ4v) is 1.59. The minimum Gasteiger partial charge on any atom is -0.319 e. The van der Waals surface area contributed by atoms with Crippen LogP contribution in [0.4, 0.5) is 13.2 Å². The molecule has 6 heteroatoms. The van der Waals surface area contributed by atoms with Gasteiger partial charge in [0.1, 0.15) is 5.65 Å². The Morgan fingerprint density at radius 2 is 2.06 bits per heavy atom. The molecule has 0 aliphatic heterocycles. The third kappa shape index (κ3) is 2.58. The van der Waals surface area contributed by atoms with Gasteiger partial charge in [0.05, 0.1) is 11.3 Å². The highest BCUT2D eigenvalue weighted by molar-refractivity contribution is 5.42. The van der Waals surface area contributed by atoms with Crippen molar-refractivity contribution in [2.45, 2.75) is 12.6 Å². The van der Waals surface area contributed by atoms with Crippen LogP contribution in [-0.4, -0.2) is 23.0 Å². The van der Waals surface area contributed by atoms with Crippen molar-refractivity contribution in [2.75, 3.05) is 13.6 Å². The Morgan fingerprint density at radius 3 is 2.71 bits per heavy atom. The highest BCUT2D eigenvalue weighted by Crippen LogP contribution is 2.29. The van der Waals surface area contributed by atoms with Crippen LogP contribution in [0.5, 0.6) is 0 Å². The second-order valence-electron chi connectivity index (χ2n) is 3.77. The molecule has 0 radical (unpaired) electrons. The second kappa shape index (κ2) is 4.37. The van der Waals surface area contributed by atoms with Gasteiger partial charge in [-0.1, -0.05) is 0 Å². The van der Waals surface area contributed by atoms with E-state index in [0.717, 1.165) is 24.5 Å². The predicted octanol–water partition coefficient (Wildman–Crippen LogP) is 2.12. The van der Waals surface area contributed by atoms with Crippen LogP contribution in [0.15, 0.2) is 24.5 Å². The van der Waals surface area contributed by atoms with E-state index in [4.69, 9.17) is 0 Å². The molecule has 0 atom stereocenters. The van der Waals surface area contributed by atoms with E-state index in [9.17, 15) is 13.2 Å². The van der Waals surface area contributed by atoms with Crippen molar-refractivity contribution in [3.05, 3.63) is 35.8 Å². The highest BCUT2D eigenvalue weighted by Gasteiger charge is 2.30. The summed E-state index contributed by atoms with van der Waals surface area (Å²) in [5, 5.41) is 2.97. The van der Waals surface area contributed by atoms with Gasteiger partial charge in [-0.25, -0.2) is 4.98 Å². The normalized spacial score (nSPS) is 12.2. The first-order chi connectivity index (χ1) is 8.00. The van der Waals surface area contributed by atoms with Gasteiger partial charge in [-0.3, -0.25) is 0 Å². The number of nitrogens with zero attached hydrogens (tertiary/aromatic N) is 2. The van der Waals surface area contributed by atoms with Gasteiger partial charge in [0.2, 0.25) is 0 Å². The number of alkyl halides is 3. The lowest BCUT2D eigenvalue weighted by Gasteiger charge is -2.05. The van der Waals surface area contributed by atoms with Crippen molar-refractivity contribution in [1.82, 2.24) is 14.7 Å². The van der Waals surface area contributed by atoms with E-state index in [0.29, 0.717) is 12.1 Å². The van der Waals surface area contributed by atoms with Gasteiger partial charge in [0.25, 0.3) is 0 Å². The topological polar surface area (TPSA) is 29.3 Å². The van der Waals surface area contributed by atoms with Crippen molar-refractivity contribution in [3.8, 4) is 0 Å². The molecule has 0 spiro atoms. The maximum atomic E-state index is 12.5. The molecule has 17 heavy (non-hydrogen) atoms. The van der Waals surface area contributed by atoms with Gasteiger partial charge < -0.3 is 9.72 Å². The molecule has 0 bridgehead atoms. The van der Waals surface area contributed by atoms with Gasteiger partial charge >= 0.3 is 6.18 Å². The molecule has 0 fully saturated rings. The summed E-state index contributed by atoms with van der Waals surface area (Å²) < 4.78 is 38.9. The van der Waals surface area contributed by atoms with E-state index in [-0.39, 0.29) is 0 Å². The molecule has 2 aromatic rings. The van der Waals surface area contributed by atoms with Gasteiger partial charge in [0.15, 0.2) is 0 Å². The number of hydrogen-bond acceptors (Lipinski definition) is 2. The lowest BCUT2D eigenvalue weighted by molar-refractivity contribution is -0.137. The Bertz CT molecular complexity index is 516. The number of rotatable bonds is 3. The van der Waals surface area contributed by atoms with Crippen LogP contribution in [0.25, 0.3) is 5.65 Å². The molecular formula is C11H12F3N3. The summed E-state index contributed by atoms with van der Waals surface area (Å²) in [6.45, 7) is 0.746. The lowest BCUT2D eigenvalue weighted by atomic mass is 10.3. The average Bonchev–Trinajstić information content (AvgIpc) is 2.66. The van der Waals surface area contributed by atoms with Crippen molar-refractivity contribution in [3.63, 3.8) is 0 Å². The molecule has 0 saturated heterocycles. The van der Waals surface area contributed by atoms with E-state index in [1.54, 1.807) is 6.20 Å². The summed E-state index contributed by atoms with van der Waals surface area (Å²) >= 11 is 0. The summed E-state index contributed by atoms with van der Waals surface area (Å²) in [5.41, 5.74) is 0.644. The Balaban J connectivity index is 2.34. The van der Waals surface area contributed by atoms with E-state index >= 15 is 0 Å². The zero-order chi connectivity index (χ0) is 12.5. The maximum absolute atomic E-state index is 12.5. The molecule has 0 unspecified atom stereocenters. The summed E-state index contributed by atoms with van der Waals surface area (Å²) in [6, 6.07) is 2.43. The monoisotopic (exact) mass is 243 g/mol. The zero-order valence-corrected chi connectivity index (χ0v) is 9.25. The first-order valence-electron chi connectivity index (χ1n) is 5.20. The Labute approximate surface area is 96.3 Å². The maximum Gasteiger partial charge on any atom is 0.417 e. The van der Waals surface area contributed by atoms with E-state index in [2.05, 4.69) is 10.3 Å². The Kier molecular flexibility index (Phi) is 3.06. The summed E-state index contributed by atoms with van der Waals surface area (Å²) in [7, 11) is 1.82. The minimum absolute atomic E-state index is 0.532. The van der Waals surface area contributed by atoms with Crippen LogP contribution >= 0.6 is 0 Å². The SMILES string of the molecule is CNCCc1cn2cc(C(F)(F)F)ccc2n1. The van der Waals surface area contributed by atoms with Crippen LogP contribution in [0.1, 0.15) is 11.3 Å². The fourth-order valence-electron chi connectivity index (χ4n) is 1.59. The smallest absolute Gasteiger partial charge is 0.319 e. The standard InChI is InChI=1S/C11H12F3N3/c1-15-5-4-9-7-17-6-8(11(12,13)14)2-3-10(17)16-9/h2-3,6-7,15H,4-5H2,1H3. The molecule has 1 N–H and O–H groups in total. The van der Waals surface area contributed by atoms with Crippen molar-refractivity contribution in [1.29, 1.82) is 0 Å². The third-order valence-corrected chi connectivity index (χ3v) is 2.46. The predicted molar refractivity (Wildman–Crippen MR) is 57.8 cm³/mol. The third-order valence-electron chi connectivity index (χ3n) is 2.46. The first-order valence-corrected chi connectivity index (χ1v) is 5.20. The number of nitrogens with one attached hydrogen (secondary N) is 1. The quantitative estimate of drug-likeness (QED) is 0.894. The molecule has 2 rings (SSSR count). The summed E-state index contributed by atoms with van der Waals surface area (Å²) in [4.78, 5) is 4.23. The number of hydrogen-bond donors (Lipinski definition) is 1. The number of halogens is 3. The minimum atomic E-state index is -4.32. The number of imidazole rings is 1. The Hall–Kier alpha value is -1.56. The largest absolute Gasteiger partial charge is 0.417 e. The van der Waals surface area contributed by atoms with Crippen LogP contribution < -0.4 is 5.32 Å². The first kappa shape index (κ1) is 11.9. The molecule has 0 amide bonds. The molecule has 0 saturated carbocycles. The van der Waals surface area contributed by atoms with Crippen LogP contribution in [0.2, 0.25) is 0 Å². The molecule has 3 nitrogen and oxygen atoms in total. The molecule has 2 heterocycles. The van der Waals surface area contributed by atoms with E-state index in [1.807, 2.05) is 7.05 Å². The van der Waals surface area contributed by atoms with Crippen LogP contribution in [0, 0.1) is 0 Å². The van der Waals surface area contributed by atoms with Gasteiger partial charge in [-0.15, -0.1) is 0 Å². The van der Waals surface area contributed by atoms with Crippen molar-refractivity contribution >= 4 is 5.65 Å². The fraction of sp³-hybridized carbons (Fsp3) is 0.364. The molecule has 0 aliphatic carbocycles. The number of likely N-dealkylation sites (N-methyl/N-ethyl adjacent to an activating group) is 1. The van der Waals surface area contributed by atoms with Crippen LogP contribution in [-0.2, 0) is 12.6 Å². The van der Waals surface area contributed by atoms with Gasteiger partial charge in [0, 0.05) is 25.4 Å². The van der Waals surface area contributed by atoms with E-state index in [1.165, 1.54) is 10.5 Å².